The number of nitrogens with zero attached hydrogens (tertiary/aromatic N) is 2. The molecule has 6 nitrogen and oxygen atoms in total. The molecule has 0 aliphatic heterocycles. The highest BCUT2D eigenvalue weighted by molar-refractivity contribution is 7.20. The summed E-state index contributed by atoms with van der Waals surface area (Å²) in [6.45, 7) is 20.3. The molecule has 184 valence electrons. The fourth-order valence-electron chi connectivity index (χ4n) is 3.44. The Morgan fingerprint density at radius 1 is 0.912 bits per heavy atom. The molecule has 2 aromatic heterocycles. The van der Waals surface area contributed by atoms with Crippen LogP contribution in [0.5, 0.6) is 5.75 Å². The summed E-state index contributed by atoms with van der Waals surface area (Å²) in [5, 5.41) is 20.4. The Hall–Kier alpha value is -2.45. The number of hydrogen-bond acceptors (Lipinski definition) is 7. The van der Waals surface area contributed by atoms with E-state index in [0.717, 1.165) is 38.2 Å². The number of anilines is 3. The van der Waals surface area contributed by atoms with Crippen molar-refractivity contribution in [2.24, 2.45) is 5.41 Å². The molecule has 0 unspecified atom stereocenters. The molecule has 1 aromatic carbocycles. The lowest BCUT2D eigenvalue weighted by atomic mass is 9.79. The Morgan fingerprint density at radius 3 is 2.09 bits per heavy atom. The van der Waals surface area contributed by atoms with Crippen LogP contribution in [0.3, 0.4) is 0 Å². The van der Waals surface area contributed by atoms with Crippen LogP contribution in [0.15, 0.2) is 17.5 Å². The van der Waals surface area contributed by atoms with Gasteiger partial charge < -0.3 is 15.7 Å². The van der Waals surface area contributed by atoms with E-state index in [4.69, 9.17) is 4.98 Å². The molecule has 3 aromatic rings. The van der Waals surface area contributed by atoms with Gasteiger partial charge in [-0.3, -0.25) is 4.79 Å². The van der Waals surface area contributed by atoms with E-state index in [-0.39, 0.29) is 22.5 Å². The minimum Gasteiger partial charge on any atom is -0.508 e. The summed E-state index contributed by atoms with van der Waals surface area (Å²) in [6, 6.07) is 3.91. The zero-order valence-electron chi connectivity index (χ0n) is 21.8. The third-order valence-corrected chi connectivity index (χ3v) is 7.28. The van der Waals surface area contributed by atoms with Gasteiger partial charge in [0.15, 0.2) is 10.3 Å². The van der Waals surface area contributed by atoms with Gasteiger partial charge >= 0.3 is 0 Å². The molecular formula is C26H36N4O2S2. The number of amides is 1. The van der Waals surface area contributed by atoms with Gasteiger partial charge in [-0.25, -0.2) is 9.97 Å². The molecule has 0 radical (unpaired) electrons. The maximum Gasteiger partial charge on any atom is 0.231 e. The topological polar surface area (TPSA) is 87.1 Å². The number of aromatic nitrogens is 2. The normalized spacial score (nSPS) is 12.6. The van der Waals surface area contributed by atoms with Crippen LogP contribution < -0.4 is 10.6 Å². The lowest BCUT2D eigenvalue weighted by molar-refractivity contribution is -0.123. The molecule has 3 N–H and O–H groups in total. The van der Waals surface area contributed by atoms with Crippen molar-refractivity contribution >= 4 is 44.5 Å². The van der Waals surface area contributed by atoms with Crippen LogP contribution in [-0.4, -0.2) is 21.0 Å². The molecule has 0 aliphatic carbocycles. The summed E-state index contributed by atoms with van der Waals surface area (Å²) < 4.78 is 0. The lowest BCUT2D eigenvalue weighted by Gasteiger charge is -2.28. The zero-order valence-corrected chi connectivity index (χ0v) is 23.4. The van der Waals surface area contributed by atoms with Crippen molar-refractivity contribution in [3.63, 3.8) is 0 Å². The third kappa shape index (κ3) is 5.78. The smallest absolute Gasteiger partial charge is 0.231 e. The SMILES string of the molecule is Cc1nc(NC(=O)C(C)(C)C)sc1-c1csc(Nc2cc(O)c(C(C)(C)C)cc2C(C)(C)C)n1. The van der Waals surface area contributed by atoms with Gasteiger partial charge in [0, 0.05) is 22.5 Å². The Kier molecular flexibility index (Phi) is 6.90. The number of benzene rings is 1. The fourth-order valence-corrected chi connectivity index (χ4v) is 5.15. The molecule has 0 saturated heterocycles. The van der Waals surface area contributed by atoms with Gasteiger partial charge in [-0.05, 0) is 34.9 Å². The fraction of sp³-hybridized carbons (Fsp3) is 0.500. The van der Waals surface area contributed by atoms with Crippen LogP contribution in [0.1, 0.15) is 79.1 Å². The van der Waals surface area contributed by atoms with Crippen LogP contribution in [0, 0.1) is 12.3 Å². The van der Waals surface area contributed by atoms with Crippen molar-refractivity contribution in [2.45, 2.75) is 80.1 Å². The van der Waals surface area contributed by atoms with Gasteiger partial charge in [-0.15, -0.1) is 11.3 Å². The second kappa shape index (κ2) is 8.96. The number of carbonyl (C=O) groups excluding carboxylic acids is 1. The Bertz CT molecular complexity index is 1210. The summed E-state index contributed by atoms with van der Waals surface area (Å²) in [5.74, 6) is 0.207. The summed E-state index contributed by atoms with van der Waals surface area (Å²) in [5.41, 5.74) is 3.75. The number of phenols is 1. The monoisotopic (exact) mass is 500 g/mol. The number of phenolic OH excluding ortho intramolecular Hbond substituents is 1. The van der Waals surface area contributed by atoms with Crippen molar-refractivity contribution in [2.75, 3.05) is 10.6 Å². The van der Waals surface area contributed by atoms with Gasteiger partial charge in [0.1, 0.15) is 5.75 Å². The number of aromatic hydroxyl groups is 1. The van der Waals surface area contributed by atoms with Crippen molar-refractivity contribution < 1.29 is 9.90 Å². The molecule has 0 fully saturated rings. The maximum atomic E-state index is 12.3. The predicted octanol–water partition coefficient (Wildman–Crippen LogP) is 7.60. The highest BCUT2D eigenvalue weighted by atomic mass is 32.1. The van der Waals surface area contributed by atoms with Crippen LogP contribution >= 0.6 is 22.7 Å². The average molecular weight is 501 g/mol. The number of rotatable bonds is 4. The van der Waals surface area contributed by atoms with E-state index >= 15 is 0 Å². The van der Waals surface area contributed by atoms with Crippen molar-refractivity contribution in [3.8, 4) is 16.3 Å². The second-order valence-electron chi connectivity index (χ2n) is 11.7. The van der Waals surface area contributed by atoms with Gasteiger partial charge in [-0.2, -0.15) is 0 Å². The first-order valence-electron chi connectivity index (χ1n) is 11.4. The van der Waals surface area contributed by atoms with E-state index in [1.165, 1.54) is 22.7 Å². The summed E-state index contributed by atoms with van der Waals surface area (Å²) in [6.07, 6.45) is 0. The number of carbonyl (C=O) groups is 1. The Labute approximate surface area is 210 Å². The molecule has 8 heteroatoms. The standard InChI is InChI=1S/C26H36N4O2S2/c1-14-20(34-23(27-14)30-21(32)26(8,9)10)18-13-33-22(29-18)28-17-12-19(31)16(25(5,6)7)11-15(17)24(2,3)4/h11-13,31H,1-10H3,(H,28,29)(H,27,30,32). The first-order chi connectivity index (χ1) is 15.5. The number of thiazole rings is 2. The molecular weight excluding hydrogens is 464 g/mol. The molecule has 0 spiro atoms. The first-order valence-corrected chi connectivity index (χ1v) is 13.1. The van der Waals surface area contributed by atoms with Crippen LogP contribution in [0.25, 0.3) is 10.6 Å². The van der Waals surface area contributed by atoms with E-state index in [2.05, 4.69) is 63.2 Å². The quantitative estimate of drug-likeness (QED) is 0.343. The van der Waals surface area contributed by atoms with E-state index in [1.54, 1.807) is 6.07 Å². The first kappa shape index (κ1) is 26.2. The van der Waals surface area contributed by atoms with E-state index in [9.17, 15) is 9.90 Å². The van der Waals surface area contributed by atoms with Gasteiger partial charge in [0.05, 0.1) is 16.3 Å². The summed E-state index contributed by atoms with van der Waals surface area (Å²) in [4.78, 5) is 22.6. The highest BCUT2D eigenvalue weighted by Crippen LogP contribution is 2.42. The zero-order chi connectivity index (χ0) is 25.6. The molecule has 0 saturated carbocycles. The Morgan fingerprint density at radius 2 is 1.53 bits per heavy atom. The summed E-state index contributed by atoms with van der Waals surface area (Å²) >= 11 is 2.92. The average Bonchev–Trinajstić information content (AvgIpc) is 3.25. The second-order valence-corrected chi connectivity index (χ2v) is 13.6. The van der Waals surface area contributed by atoms with E-state index < -0.39 is 5.41 Å². The summed E-state index contributed by atoms with van der Waals surface area (Å²) in [7, 11) is 0. The minimum absolute atomic E-state index is 0.0679. The maximum absolute atomic E-state index is 12.3. The molecule has 0 bridgehead atoms. The van der Waals surface area contributed by atoms with Gasteiger partial charge in [-0.1, -0.05) is 73.7 Å². The molecule has 1 amide bonds. The predicted molar refractivity (Wildman–Crippen MR) is 145 cm³/mol. The van der Waals surface area contributed by atoms with Crippen LogP contribution in [-0.2, 0) is 15.6 Å². The van der Waals surface area contributed by atoms with Crippen LogP contribution in [0.2, 0.25) is 0 Å². The van der Waals surface area contributed by atoms with Gasteiger partial charge in [0.25, 0.3) is 0 Å². The van der Waals surface area contributed by atoms with E-state index in [1.807, 2.05) is 33.1 Å². The number of aryl methyl sites for hydroxylation is 1. The van der Waals surface area contributed by atoms with Crippen molar-refractivity contribution in [3.05, 3.63) is 34.3 Å². The number of hydrogen-bond donors (Lipinski definition) is 3. The minimum atomic E-state index is -0.490. The largest absolute Gasteiger partial charge is 0.508 e. The highest BCUT2D eigenvalue weighted by Gasteiger charge is 2.26. The lowest BCUT2D eigenvalue weighted by Crippen LogP contribution is -2.27. The molecule has 2 heterocycles. The van der Waals surface area contributed by atoms with E-state index in [0.29, 0.717) is 5.13 Å². The van der Waals surface area contributed by atoms with Gasteiger partial charge in [0.2, 0.25) is 5.91 Å². The molecule has 0 aliphatic rings. The van der Waals surface area contributed by atoms with Crippen LogP contribution in [0.4, 0.5) is 16.0 Å². The third-order valence-electron chi connectivity index (χ3n) is 5.43. The Balaban J connectivity index is 1.91. The van der Waals surface area contributed by atoms with Crippen molar-refractivity contribution in [1.29, 1.82) is 0 Å². The molecule has 0 atom stereocenters. The van der Waals surface area contributed by atoms with Crippen molar-refractivity contribution in [1.82, 2.24) is 9.97 Å². The number of nitrogens with one attached hydrogen (secondary N) is 2. The molecule has 3 rings (SSSR count). The molecule has 34 heavy (non-hydrogen) atoms.